The summed E-state index contributed by atoms with van der Waals surface area (Å²) in [5, 5.41) is 0.696. The van der Waals surface area contributed by atoms with E-state index in [2.05, 4.69) is 4.98 Å². The Hall–Kier alpha value is -2.21. The van der Waals surface area contributed by atoms with Crippen molar-refractivity contribution in [3.63, 3.8) is 0 Å². The molecule has 2 aromatic rings. The van der Waals surface area contributed by atoms with Crippen molar-refractivity contribution in [1.82, 2.24) is 4.98 Å². The molecule has 1 aromatic heterocycles. The molecular weight excluding hydrogens is 320 g/mol. The summed E-state index contributed by atoms with van der Waals surface area (Å²) in [5.74, 6) is 0.352. The number of aromatic nitrogens is 1. The van der Waals surface area contributed by atoms with E-state index < -0.39 is 11.6 Å². The predicted octanol–water partition coefficient (Wildman–Crippen LogP) is 3.44. The van der Waals surface area contributed by atoms with Crippen LogP contribution in [0.1, 0.15) is 31.1 Å². The van der Waals surface area contributed by atoms with E-state index in [9.17, 15) is 4.79 Å². The van der Waals surface area contributed by atoms with Crippen LogP contribution in [0.5, 0.6) is 11.5 Å². The third kappa shape index (κ3) is 3.42. The lowest BCUT2D eigenvalue weighted by molar-refractivity contribution is 0.00709. The van der Waals surface area contributed by atoms with Gasteiger partial charge in [-0.25, -0.2) is 9.78 Å². The molecule has 1 heterocycles. The Morgan fingerprint density at radius 1 is 1.17 bits per heavy atom. The number of nitrogens with two attached hydrogens (primary N) is 1. The highest BCUT2D eigenvalue weighted by molar-refractivity contribution is 6.39. The summed E-state index contributed by atoms with van der Waals surface area (Å²) < 4.78 is 15.8. The van der Waals surface area contributed by atoms with Crippen molar-refractivity contribution in [2.45, 2.75) is 26.4 Å². The van der Waals surface area contributed by atoms with Crippen LogP contribution in [0, 0.1) is 0 Å². The van der Waals surface area contributed by atoms with Gasteiger partial charge in [0.15, 0.2) is 11.5 Å². The van der Waals surface area contributed by atoms with Gasteiger partial charge >= 0.3 is 5.97 Å². The number of fused-ring (bicyclic) bond motifs is 1. The maximum absolute atomic E-state index is 12.3. The summed E-state index contributed by atoms with van der Waals surface area (Å²) in [5.41, 5.74) is 5.77. The minimum atomic E-state index is -0.667. The van der Waals surface area contributed by atoms with Crippen LogP contribution in [-0.4, -0.2) is 30.8 Å². The molecule has 2 N–H and O–H groups in total. The Morgan fingerprint density at radius 2 is 1.74 bits per heavy atom. The van der Waals surface area contributed by atoms with Gasteiger partial charge in [0.05, 0.1) is 24.8 Å². The first kappa shape index (κ1) is 17.1. The highest BCUT2D eigenvalue weighted by Crippen LogP contribution is 2.37. The molecule has 0 radical (unpaired) electrons. The number of carbonyl (C=O) groups excluding carboxylic acids is 1. The van der Waals surface area contributed by atoms with E-state index in [-0.39, 0.29) is 16.4 Å². The fraction of sp³-hybridized carbons (Fsp3) is 0.375. The SMILES string of the molecule is COc1cc2nc(N)c(C(=O)OC(C)(C)C)c(Cl)c2cc1OC. The molecule has 7 heteroatoms. The molecule has 0 aliphatic heterocycles. The van der Waals surface area contributed by atoms with Crippen molar-refractivity contribution in [2.24, 2.45) is 0 Å². The molecule has 0 spiro atoms. The van der Waals surface area contributed by atoms with E-state index in [4.69, 9.17) is 31.5 Å². The molecule has 0 atom stereocenters. The van der Waals surface area contributed by atoms with Gasteiger partial charge in [0.1, 0.15) is 17.0 Å². The van der Waals surface area contributed by atoms with Gasteiger partial charge in [0.25, 0.3) is 0 Å². The molecule has 0 fully saturated rings. The van der Waals surface area contributed by atoms with Crippen LogP contribution in [0.25, 0.3) is 10.9 Å². The molecule has 0 aliphatic rings. The van der Waals surface area contributed by atoms with Gasteiger partial charge in [-0.2, -0.15) is 0 Å². The van der Waals surface area contributed by atoms with Gasteiger partial charge in [-0.05, 0) is 26.8 Å². The van der Waals surface area contributed by atoms with Crippen molar-refractivity contribution >= 4 is 34.3 Å². The van der Waals surface area contributed by atoms with Gasteiger partial charge in [0, 0.05) is 11.5 Å². The van der Waals surface area contributed by atoms with Crippen molar-refractivity contribution in [1.29, 1.82) is 0 Å². The second-order valence-corrected chi connectivity index (χ2v) is 6.29. The van der Waals surface area contributed by atoms with Crippen molar-refractivity contribution < 1.29 is 19.0 Å². The van der Waals surface area contributed by atoms with E-state index in [1.54, 1.807) is 32.9 Å². The van der Waals surface area contributed by atoms with Crippen LogP contribution in [-0.2, 0) is 4.74 Å². The maximum Gasteiger partial charge on any atom is 0.343 e. The number of rotatable bonds is 3. The maximum atomic E-state index is 12.3. The second-order valence-electron chi connectivity index (χ2n) is 5.91. The lowest BCUT2D eigenvalue weighted by atomic mass is 10.1. The quantitative estimate of drug-likeness (QED) is 0.863. The number of anilines is 1. The van der Waals surface area contributed by atoms with Crippen LogP contribution in [0.4, 0.5) is 5.82 Å². The van der Waals surface area contributed by atoms with Gasteiger partial charge in [0.2, 0.25) is 0 Å². The lowest BCUT2D eigenvalue weighted by Gasteiger charge is -2.20. The number of carbonyl (C=O) groups is 1. The Balaban J connectivity index is 2.66. The number of methoxy groups -OCH3 is 2. The van der Waals surface area contributed by atoms with E-state index in [1.165, 1.54) is 14.2 Å². The molecule has 124 valence electrons. The molecule has 0 bridgehead atoms. The Bertz CT molecular complexity index is 769. The second kappa shape index (κ2) is 6.12. The van der Waals surface area contributed by atoms with Gasteiger partial charge in [-0.15, -0.1) is 0 Å². The summed E-state index contributed by atoms with van der Waals surface area (Å²) in [4.78, 5) is 16.6. The van der Waals surface area contributed by atoms with Crippen molar-refractivity contribution in [3.05, 3.63) is 22.7 Å². The number of nitrogens with zero attached hydrogens (tertiary/aromatic N) is 1. The number of hydrogen-bond acceptors (Lipinski definition) is 6. The Morgan fingerprint density at radius 3 is 2.26 bits per heavy atom. The first-order valence-electron chi connectivity index (χ1n) is 6.92. The van der Waals surface area contributed by atoms with E-state index >= 15 is 0 Å². The lowest BCUT2D eigenvalue weighted by Crippen LogP contribution is -2.25. The summed E-state index contributed by atoms with van der Waals surface area (Å²) in [6.07, 6.45) is 0. The van der Waals surface area contributed by atoms with E-state index in [0.717, 1.165) is 0 Å². The molecule has 0 aliphatic carbocycles. The zero-order valence-electron chi connectivity index (χ0n) is 13.7. The van der Waals surface area contributed by atoms with Gasteiger partial charge in [-0.1, -0.05) is 11.6 Å². The number of benzene rings is 1. The monoisotopic (exact) mass is 338 g/mol. The fourth-order valence-corrected chi connectivity index (χ4v) is 2.42. The summed E-state index contributed by atoms with van der Waals surface area (Å²) in [6.45, 7) is 5.28. The molecule has 1 aromatic carbocycles. The molecule has 2 rings (SSSR count). The number of pyridine rings is 1. The first-order chi connectivity index (χ1) is 10.7. The molecule has 0 saturated heterocycles. The predicted molar refractivity (Wildman–Crippen MR) is 89.4 cm³/mol. The minimum absolute atomic E-state index is 0.00368. The normalized spacial score (nSPS) is 11.4. The summed E-state index contributed by atoms with van der Waals surface area (Å²) in [6, 6.07) is 3.30. The van der Waals surface area contributed by atoms with Crippen LogP contribution < -0.4 is 15.2 Å². The largest absolute Gasteiger partial charge is 0.493 e. The fourth-order valence-electron chi connectivity index (χ4n) is 2.09. The standard InChI is InChI=1S/C16H19ClN2O4/c1-16(2,3)23-15(20)12-13(17)8-6-10(21-4)11(22-5)7-9(8)19-14(12)18/h6-7H,1-5H3,(H2,18,19). The number of esters is 1. The molecule has 23 heavy (non-hydrogen) atoms. The zero-order valence-corrected chi connectivity index (χ0v) is 14.4. The molecular formula is C16H19ClN2O4. The highest BCUT2D eigenvalue weighted by Gasteiger charge is 2.25. The summed E-state index contributed by atoms with van der Waals surface area (Å²) in [7, 11) is 3.03. The third-order valence-corrected chi connectivity index (χ3v) is 3.45. The van der Waals surface area contributed by atoms with E-state index in [0.29, 0.717) is 22.4 Å². The van der Waals surface area contributed by atoms with Gasteiger partial charge in [-0.3, -0.25) is 0 Å². The average Bonchev–Trinajstić information content (AvgIpc) is 2.44. The number of ether oxygens (including phenoxy) is 3. The van der Waals surface area contributed by atoms with Crippen LogP contribution >= 0.6 is 11.6 Å². The highest BCUT2D eigenvalue weighted by atomic mass is 35.5. The number of hydrogen-bond donors (Lipinski definition) is 1. The van der Waals surface area contributed by atoms with E-state index in [1.807, 2.05) is 0 Å². The van der Waals surface area contributed by atoms with Gasteiger partial charge < -0.3 is 19.9 Å². The van der Waals surface area contributed by atoms with Crippen LogP contribution in [0.3, 0.4) is 0 Å². The average molecular weight is 339 g/mol. The van der Waals surface area contributed by atoms with Crippen LogP contribution in [0.15, 0.2) is 12.1 Å². The Kier molecular flexibility index (Phi) is 4.56. The smallest absolute Gasteiger partial charge is 0.343 e. The molecule has 0 saturated carbocycles. The minimum Gasteiger partial charge on any atom is -0.493 e. The first-order valence-corrected chi connectivity index (χ1v) is 7.29. The molecule has 0 unspecified atom stereocenters. The third-order valence-electron chi connectivity index (χ3n) is 3.06. The number of halogens is 1. The van der Waals surface area contributed by atoms with Crippen molar-refractivity contribution in [3.8, 4) is 11.5 Å². The van der Waals surface area contributed by atoms with Crippen molar-refractivity contribution in [2.75, 3.05) is 20.0 Å². The molecule has 0 amide bonds. The topological polar surface area (TPSA) is 83.7 Å². The number of nitrogen functional groups attached to an aromatic ring is 1. The zero-order chi connectivity index (χ0) is 17.4. The molecule has 6 nitrogen and oxygen atoms in total. The Labute approximate surface area is 139 Å². The summed E-state index contributed by atoms with van der Waals surface area (Å²) >= 11 is 6.38. The van der Waals surface area contributed by atoms with Crippen LogP contribution in [0.2, 0.25) is 5.02 Å².